The average Bonchev–Trinajstić information content (AvgIpc) is 3.40. The summed E-state index contributed by atoms with van der Waals surface area (Å²) in [6.45, 7) is 0. The number of nitro groups is 1. The minimum atomic E-state index is -0.408. The van der Waals surface area contributed by atoms with Gasteiger partial charge in [0.25, 0.3) is 5.69 Å². The van der Waals surface area contributed by atoms with Crippen LogP contribution in [0.2, 0.25) is 0 Å². The number of pyridine rings is 1. The van der Waals surface area contributed by atoms with E-state index >= 15 is 0 Å². The molecule has 0 amide bonds. The van der Waals surface area contributed by atoms with Gasteiger partial charge in [-0.2, -0.15) is 9.61 Å². The maximum absolute atomic E-state index is 11.1. The SMILES string of the molecule is O=[N+]([O-])c1cccc(-c2nn3c(CC4CC4)nnc3c3cccnc23)c1. The number of hydrogen-bond donors (Lipinski definition) is 0. The number of rotatable bonds is 4. The highest BCUT2D eigenvalue weighted by Gasteiger charge is 2.25. The molecular weight excluding hydrogens is 332 g/mol. The van der Waals surface area contributed by atoms with Gasteiger partial charge in [0.15, 0.2) is 11.5 Å². The molecule has 128 valence electrons. The molecule has 3 aromatic heterocycles. The van der Waals surface area contributed by atoms with Gasteiger partial charge in [-0.05, 0) is 30.9 Å². The van der Waals surface area contributed by atoms with E-state index in [1.807, 2.05) is 12.1 Å². The van der Waals surface area contributed by atoms with Crippen LogP contribution in [0.5, 0.6) is 0 Å². The van der Waals surface area contributed by atoms with Crippen LogP contribution in [0.4, 0.5) is 5.69 Å². The average molecular weight is 346 g/mol. The van der Waals surface area contributed by atoms with Crippen molar-refractivity contribution in [3.05, 3.63) is 58.5 Å². The minimum absolute atomic E-state index is 0.0236. The summed E-state index contributed by atoms with van der Waals surface area (Å²) < 4.78 is 1.76. The summed E-state index contributed by atoms with van der Waals surface area (Å²) in [5, 5.41) is 25.3. The highest BCUT2D eigenvalue weighted by Crippen LogP contribution is 2.33. The number of nitro benzene ring substituents is 1. The molecule has 5 rings (SSSR count). The molecule has 0 bridgehead atoms. The second-order valence-corrected chi connectivity index (χ2v) is 6.55. The van der Waals surface area contributed by atoms with Crippen molar-refractivity contribution in [2.45, 2.75) is 19.3 Å². The first-order chi connectivity index (χ1) is 12.7. The fourth-order valence-electron chi connectivity index (χ4n) is 3.18. The molecule has 1 fully saturated rings. The van der Waals surface area contributed by atoms with Crippen LogP contribution in [0, 0.1) is 16.0 Å². The topological polar surface area (TPSA) is 99.1 Å². The molecule has 0 saturated heterocycles. The lowest BCUT2D eigenvalue weighted by molar-refractivity contribution is -0.384. The lowest BCUT2D eigenvalue weighted by Gasteiger charge is -2.07. The van der Waals surface area contributed by atoms with E-state index in [-0.39, 0.29) is 5.69 Å². The molecule has 0 atom stereocenters. The molecule has 8 heteroatoms. The molecule has 1 saturated carbocycles. The molecule has 0 N–H and O–H groups in total. The third-order valence-corrected chi connectivity index (χ3v) is 4.68. The first-order valence-electron chi connectivity index (χ1n) is 8.44. The van der Waals surface area contributed by atoms with Gasteiger partial charge < -0.3 is 0 Å². The fraction of sp³-hybridized carbons (Fsp3) is 0.222. The lowest BCUT2D eigenvalue weighted by atomic mass is 10.1. The van der Waals surface area contributed by atoms with Crippen LogP contribution in [0.15, 0.2) is 42.6 Å². The molecule has 0 spiro atoms. The first kappa shape index (κ1) is 14.9. The molecule has 0 radical (unpaired) electrons. The van der Waals surface area contributed by atoms with E-state index in [0.29, 0.717) is 28.3 Å². The first-order valence-corrected chi connectivity index (χ1v) is 8.44. The van der Waals surface area contributed by atoms with E-state index in [4.69, 9.17) is 5.10 Å². The molecule has 3 heterocycles. The zero-order chi connectivity index (χ0) is 17.7. The van der Waals surface area contributed by atoms with Crippen LogP contribution in [-0.4, -0.2) is 29.7 Å². The Morgan fingerprint density at radius 2 is 2.08 bits per heavy atom. The Bertz CT molecular complexity index is 1160. The van der Waals surface area contributed by atoms with Gasteiger partial charge in [0.2, 0.25) is 0 Å². The summed E-state index contributed by atoms with van der Waals surface area (Å²) in [5.41, 5.74) is 2.59. The highest BCUT2D eigenvalue weighted by molar-refractivity contribution is 5.98. The Balaban J connectivity index is 1.79. The van der Waals surface area contributed by atoms with E-state index in [9.17, 15) is 10.1 Å². The quantitative estimate of drug-likeness (QED) is 0.415. The van der Waals surface area contributed by atoms with Gasteiger partial charge >= 0.3 is 0 Å². The number of benzene rings is 1. The van der Waals surface area contributed by atoms with Crippen molar-refractivity contribution in [3.63, 3.8) is 0 Å². The Hall–Kier alpha value is -3.42. The summed E-state index contributed by atoms with van der Waals surface area (Å²) in [7, 11) is 0. The summed E-state index contributed by atoms with van der Waals surface area (Å²) >= 11 is 0. The van der Waals surface area contributed by atoms with Gasteiger partial charge in [0.1, 0.15) is 11.2 Å². The smallest absolute Gasteiger partial charge is 0.258 e. The molecule has 8 nitrogen and oxygen atoms in total. The Kier molecular flexibility index (Phi) is 3.18. The largest absolute Gasteiger partial charge is 0.270 e. The summed E-state index contributed by atoms with van der Waals surface area (Å²) in [6, 6.07) is 10.2. The molecule has 0 aliphatic heterocycles. The molecule has 0 unspecified atom stereocenters. The van der Waals surface area contributed by atoms with Crippen LogP contribution < -0.4 is 0 Å². The standard InChI is InChI=1S/C18H14N6O2/c25-24(26)13-4-1-3-12(10-13)16-17-14(5-2-8-19-17)18-21-20-15(23(18)22-16)9-11-6-7-11/h1-5,8,10-11H,6-7,9H2. The normalized spacial score (nSPS) is 14.2. The zero-order valence-electron chi connectivity index (χ0n) is 13.7. The molecular formula is C18H14N6O2. The van der Waals surface area contributed by atoms with Crippen LogP contribution >= 0.6 is 0 Å². The van der Waals surface area contributed by atoms with E-state index in [1.54, 1.807) is 22.8 Å². The number of aromatic nitrogens is 5. The highest BCUT2D eigenvalue weighted by atomic mass is 16.6. The van der Waals surface area contributed by atoms with E-state index < -0.39 is 4.92 Å². The van der Waals surface area contributed by atoms with Crippen molar-refractivity contribution < 1.29 is 4.92 Å². The van der Waals surface area contributed by atoms with Crippen molar-refractivity contribution in [2.75, 3.05) is 0 Å². The molecule has 4 aromatic rings. The van der Waals surface area contributed by atoms with Gasteiger partial charge in [-0.25, -0.2) is 0 Å². The number of non-ortho nitro benzene ring substituents is 1. The molecule has 1 aromatic carbocycles. The maximum atomic E-state index is 11.1. The van der Waals surface area contributed by atoms with E-state index in [1.165, 1.54) is 25.0 Å². The number of nitrogens with zero attached hydrogens (tertiary/aromatic N) is 6. The summed E-state index contributed by atoms with van der Waals surface area (Å²) in [5.74, 6) is 1.47. The van der Waals surface area contributed by atoms with Crippen LogP contribution in [0.3, 0.4) is 0 Å². The summed E-state index contributed by atoms with van der Waals surface area (Å²) in [6.07, 6.45) is 4.95. The van der Waals surface area contributed by atoms with Gasteiger partial charge in [-0.3, -0.25) is 15.1 Å². The molecule has 1 aliphatic carbocycles. The zero-order valence-corrected chi connectivity index (χ0v) is 13.7. The van der Waals surface area contributed by atoms with Gasteiger partial charge in [-0.15, -0.1) is 10.2 Å². The van der Waals surface area contributed by atoms with Crippen LogP contribution in [0.1, 0.15) is 18.7 Å². The van der Waals surface area contributed by atoms with Crippen molar-refractivity contribution in [2.24, 2.45) is 5.92 Å². The van der Waals surface area contributed by atoms with Crippen molar-refractivity contribution in [1.82, 2.24) is 24.8 Å². The molecule has 1 aliphatic rings. The Labute approximate surface area is 147 Å². The fourth-order valence-corrected chi connectivity index (χ4v) is 3.18. The predicted molar refractivity (Wildman–Crippen MR) is 94.6 cm³/mol. The number of fused-ring (bicyclic) bond motifs is 3. The Morgan fingerprint density at radius 3 is 2.88 bits per heavy atom. The second-order valence-electron chi connectivity index (χ2n) is 6.55. The third-order valence-electron chi connectivity index (χ3n) is 4.68. The monoisotopic (exact) mass is 346 g/mol. The summed E-state index contributed by atoms with van der Waals surface area (Å²) in [4.78, 5) is 15.2. The van der Waals surface area contributed by atoms with Gasteiger partial charge in [0, 0.05) is 35.7 Å². The Morgan fingerprint density at radius 1 is 1.19 bits per heavy atom. The number of hydrogen-bond acceptors (Lipinski definition) is 6. The van der Waals surface area contributed by atoms with Gasteiger partial charge in [-0.1, -0.05) is 12.1 Å². The van der Waals surface area contributed by atoms with E-state index in [0.717, 1.165) is 17.6 Å². The molecule has 26 heavy (non-hydrogen) atoms. The predicted octanol–water partition coefficient (Wildman–Crippen LogP) is 3.20. The van der Waals surface area contributed by atoms with Crippen LogP contribution in [-0.2, 0) is 6.42 Å². The lowest BCUT2D eigenvalue weighted by Crippen LogP contribution is -2.03. The van der Waals surface area contributed by atoms with E-state index in [2.05, 4.69) is 15.2 Å². The second kappa shape index (κ2) is 5.55. The minimum Gasteiger partial charge on any atom is -0.258 e. The maximum Gasteiger partial charge on any atom is 0.270 e. The van der Waals surface area contributed by atoms with Crippen molar-refractivity contribution in [1.29, 1.82) is 0 Å². The third kappa shape index (κ3) is 2.38. The van der Waals surface area contributed by atoms with Crippen molar-refractivity contribution in [3.8, 4) is 11.3 Å². The van der Waals surface area contributed by atoms with Crippen LogP contribution in [0.25, 0.3) is 27.8 Å². The van der Waals surface area contributed by atoms with Crippen molar-refractivity contribution >= 4 is 22.2 Å². The van der Waals surface area contributed by atoms with Gasteiger partial charge in [0.05, 0.1) is 4.92 Å².